The van der Waals surface area contributed by atoms with Crippen molar-refractivity contribution in [3.05, 3.63) is 29.8 Å². The second kappa shape index (κ2) is 6.61. The van der Waals surface area contributed by atoms with Gasteiger partial charge in [-0.2, -0.15) is 0 Å². The van der Waals surface area contributed by atoms with Gasteiger partial charge < -0.3 is 15.7 Å². The highest BCUT2D eigenvalue weighted by molar-refractivity contribution is 5.90. The highest BCUT2D eigenvalue weighted by Crippen LogP contribution is 2.34. The SMILES string of the molecule is CCC1(NC(=O)Nc2cccc(CCC(=O)O)c2)CCC1. The van der Waals surface area contributed by atoms with Crippen molar-refractivity contribution in [1.82, 2.24) is 5.32 Å². The Morgan fingerprint density at radius 1 is 1.33 bits per heavy atom. The molecule has 2 rings (SSSR count). The molecule has 1 aromatic carbocycles. The number of amides is 2. The van der Waals surface area contributed by atoms with Gasteiger partial charge in [-0.1, -0.05) is 19.1 Å². The lowest BCUT2D eigenvalue weighted by Crippen LogP contribution is -2.54. The average Bonchev–Trinajstić information content (AvgIpc) is 2.41. The molecule has 1 aliphatic carbocycles. The number of anilines is 1. The van der Waals surface area contributed by atoms with Gasteiger partial charge in [-0.3, -0.25) is 4.79 Å². The van der Waals surface area contributed by atoms with Gasteiger partial charge >= 0.3 is 12.0 Å². The molecule has 5 nitrogen and oxygen atoms in total. The van der Waals surface area contributed by atoms with Crippen LogP contribution in [0.5, 0.6) is 0 Å². The first-order chi connectivity index (χ1) is 10.0. The van der Waals surface area contributed by atoms with Gasteiger partial charge in [-0.15, -0.1) is 0 Å². The molecule has 0 spiro atoms. The van der Waals surface area contributed by atoms with Crippen LogP contribution in [0, 0.1) is 0 Å². The lowest BCUT2D eigenvalue weighted by Gasteiger charge is -2.41. The first-order valence-electron chi connectivity index (χ1n) is 7.43. The number of carboxylic acids is 1. The van der Waals surface area contributed by atoms with Crippen LogP contribution in [0.15, 0.2) is 24.3 Å². The summed E-state index contributed by atoms with van der Waals surface area (Å²) in [5.41, 5.74) is 1.57. The van der Waals surface area contributed by atoms with E-state index in [9.17, 15) is 9.59 Å². The van der Waals surface area contributed by atoms with Crippen LogP contribution < -0.4 is 10.6 Å². The Morgan fingerprint density at radius 2 is 2.10 bits per heavy atom. The Kier molecular flexibility index (Phi) is 4.83. The van der Waals surface area contributed by atoms with Crippen molar-refractivity contribution >= 4 is 17.7 Å². The van der Waals surface area contributed by atoms with Crippen LogP contribution in [0.2, 0.25) is 0 Å². The van der Waals surface area contributed by atoms with Crippen molar-refractivity contribution < 1.29 is 14.7 Å². The maximum absolute atomic E-state index is 12.0. The molecule has 0 radical (unpaired) electrons. The van der Waals surface area contributed by atoms with Gasteiger partial charge in [-0.05, 0) is 49.8 Å². The summed E-state index contributed by atoms with van der Waals surface area (Å²) < 4.78 is 0. The van der Waals surface area contributed by atoms with Crippen LogP contribution in [0.25, 0.3) is 0 Å². The molecule has 3 N–H and O–H groups in total. The third-order valence-electron chi connectivity index (χ3n) is 4.18. The number of benzene rings is 1. The monoisotopic (exact) mass is 290 g/mol. The second-order valence-electron chi connectivity index (χ2n) is 5.66. The van der Waals surface area contributed by atoms with Crippen molar-refractivity contribution in [1.29, 1.82) is 0 Å². The number of aryl methyl sites for hydroxylation is 1. The summed E-state index contributed by atoms with van der Waals surface area (Å²) in [5, 5.41) is 14.6. The van der Waals surface area contributed by atoms with Crippen molar-refractivity contribution in [3.8, 4) is 0 Å². The number of carboxylic acid groups (broad SMARTS) is 1. The summed E-state index contributed by atoms with van der Waals surface area (Å²) in [6.45, 7) is 2.09. The minimum Gasteiger partial charge on any atom is -0.481 e. The van der Waals surface area contributed by atoms with E-state index in [1.165, 1.54) is 6.42 Å². The smallest absolute Gasteiger partial charge is 0.319 e. The zero-order valence-electron chi connectivity index (χ0n) is 12.3. The summed E-state index contributed by atoms with van der Waals surface area (Å²) in [6.07, 6.45) is 4.74. The molecule has 0 atom stereocenters. The van der Waals surface area contributed by atoms with E-state index in [1.807, 2.05) is 24.3 Å². The van der Waals surface area contributed by atoms with Gasteiger partial charge in [0, 0.05) is 17.6 Å². The molecule has 0 heterocycles. The van der Waals surface area contributed by atoms with Gasteiger partial charge in [0.2, 0.25) is 0 Å². The maximum atomic E-state index is 12.0. The number of hydrogen-bond donors (Lipinski definition) is 3. The molecular formula is C16H22N2O3. The molecule has 0 bridgehead atoms. The number of nitrogens with one attached hydrogen (secondary N) is 2. The van der Waals surface area contributed by atoms with E-state index in [-0.39, 0.29) is 18.0 Å². The normalized spacial score (nSPS) is 15.9. The van der Waals surface area contributed by atoms with Crippen molar-refractivity contribution in [3.63, 3.8) is 0 Å². The van der Waals surface area contributed by atoms with Crippen molar-refractivity contribution in [2.75, 3.05) is 5.32 Å². The van der Waals surface area contributed by atoms with Crippen LogP contribution in [-0.2, 0) is 11.2 Å². The molecule has 0 saturated heterocycles. The number of hydrogen-bond acceptors (Lipinski definition) is 2. The number of carbonyl (C=O) groups excluding carboxylic acids is 1. The summed E-state index contributed by atoms with van der Waals surface area (Å²) in [7, 11) is 0. The van der Waals surface area contributed by atoms with E-state index in [4.69, 9.17) is 5.11 Å². The minimum absolute atomic E-state index is 0.0367. The number of rotatable bonds is 6. The van der Waals surface area contributed by atoms with E-state index in [2.05, 4.69) is 17.6 Å². The lowest BCUT2D eigenvalue weighted by atomic mass is 9.75. The number of carbonyl (C=O) groups is 2. The molecule has 0 aromatic heterocycles. The van der Waals surface area contributed by atoms with Crippen molar-refractivity contribution in [2.24, 2.45) is 0 Å². The Hall–Kier alpha value is -2.04. The predicted molar refractivity (Wildman–Crippen MR) is 81.4 cm³/mol. The molecule has 0 unspecified atom stereocenters. The largest absolute Gasteiger partial charge is 0.481 e. The van der Waals surface area contributed by atoms with E-state index in [0.29, 0.717) is 12.1 Å². The van der Waals surface area contributed by atoms with Crippen LogP contribution in [0.3, 0.4) is 0 Å². The molecule has 114 valence electrons. The molecule has 0 aliphatic heterocycles. The second-order valence-corrected chi connectivity index (χ2v) is 5.66. The summed E-state index contributed by atoms with van der Waals surface area (Å²) in [6, 6.07) is 7.13. The highest BCUT2D eigenvalue weighted by atomic mass is 16.4. The van der Waals surface area contributed by atoms with Crippen LogP contribution in [0.1, 0.15) is 44.6 Å². The minimum atomic E-state index is -0.819. The zero-order chi connectivity index (χ0) is 15.3. The highest BCUT2D eigenvalue weighted by Gasteiger charge is 2.36. The fourth-order valence-corrected chi connectivity index (χ4v) is 2.63. The first-order valence-corrected chi connectivity index (χ1v) is 7.43. The van der Waals surface area contributed by atoms with Gasteiger partial charge in [0.25, 0.3) is 0 Å². The van der Waals surface area contributed by atoms with Crippen LogP contribution >= 0.6 is 0 Å². The maximum Gasteiger partial charge on any atom is 0.319 e. The van der Waals surface area contributed by atoms with Crippen LogP contribution in [0.4, 0.5) is 10.5 Å². The van der Waals surface area contributed by atoms with Gasteiger partial charge in [-0.25, -0.2) is 4.79 Å². The van der Waals surface area contributed by atoms with E-state index in [1.54, 1.807) is 0 Å². The summed E-state index contributed by atoms with van der Waals surface area (Å²) in [4.78, 5) is 22.6. The van der Waals surface area contributed by atoms with Gasteiger partial charge in [0.05, 0.1) is 0 Å². The van der Waals surface area contributed by atoms with E-state index < -0.39 is 5.97 Å². The molecule has 2 amide bonds. The number of urea groups is 1. The topological polar surface area (TPSA) is 78.4 Å². The van der Waals surface area contributed by atoms with Gasteiger partial charge in [0.1, 0.15) is 0 Å². The summed E-state index contributed by atoms with van der Waals surface area (Å²) in [5.74, 6) is -0.819. The Balaban J connectivity index is 1.91. The Labute approximate surface area is 124 Å². The third-order valence-corrected chi connectivity index (χ3v) is 4.18. The molecular weight excluding hydrogens is 268 g/mol. The fraction of sp³-hybridized carbons (Fsp3) is 0.500. The Morgan fingerprint density at radius 3 is 2.67 bits per heavy atom. The average molecular weight is 290 g/mol. The van der Waals surface area contributed by atoms with E-state index in [0.717, 1.165) is 24.8 Å². The molecule has 1 fully saturated rings. The fourth-order valence-electron chi connectivity index (χ4n) is 2.63. The quantitative estimate of drug-likeness (QED) is 0.753. The molecule has 5 heteroatoms. The van der Waals surface area contributed by atoms with Crippen molar-refractivity contribution in [2.45, 2.75) is 51.0 Å². The zero-order valence-corrected chi connectivity index (χ0v) is 12.3. The first kappa shape index (κ1) is 15.4. The van der Waals surface area contributed by atoms with E-state index >= 15 is 0 Å². The number of aliphatic carboxylic acids is 1. The van der Waals surface area contributed by atoms with Crippen LogP contribution in [-0.4, -0.2) is 22.6 Å². The predicted octanol–water partition coefficient (Wildman–Crippen LogP) is 3.16. The Bertz CT molecular complexity index is 518. The molecule has 1 aromatic rings. The molecule has 21 heavy (non-hydrogen) atoms. The molecule has 1 saturated carbocycles. The molecule has 1 aliphatic rings. The summed E-state index contributed by atoms with van der Waals surface area (Å²) >= 11 is 0. The lowest BCUT2D eigenvalue weighted by molar-refractivity contribution is -0.136. The van der Waals surface area contributed by atoms with Gasteiger partial charge in [0.15, 0.2) is 0 Å². The third kappa shape index (κ3) is 4.21. The standard InChI is InChI=1S/C16H22N2O3/c1-2-16(9-4-10-16)18-15(21)17-13-6-3-5-12(11-13)7-8-14(19)20/h3,5-6,11H,2,4,7-10H2,1H3,(H,19,20)(H2,17,18,21).